The molecule has 1 fully saturated rings. The van der Waals surface area contributed by atoms with Crippen LogP contribution in [0.4, 0.5) is 0 Å². The highest BCUT2D eigenvalue weighted by Gasteiger charge is 2.25. The zero-order valence-corrected chi connectivity index (χ0v) is 8.97. The van der Waals surface area contributed by atoms with Crippen molar-refractivity contribution >= 4 is 17.5 Å². The van der Waals surface area contributed by atoms with Crippen molar-refractivity contribution in [2.24, 2.45) is 0 Å². The van der Waals surface area contributed by atoms with Gasteiger partial charge in [-0.1, -0.05) is 0 Å². The highest BCUT2D eigenvalue weighted by atomic mass is 35.5. The Morgan fingerprint density at radius 3 is 2.77 bits per heavy atom. The molecule has 0 aliphatic heterocycles. The number of hydrogen-bond donors (Lipinski definition) is 1. The number of amides is 1. The van der Waals surface area contributed by atoms with Gasteiger partial charge in [-0.3, -0.25) is 4.79 Å². The quantitative estimate of drug-likeness (QED) is 0.673. The van der Waals surface area contributed by atoms with Crippen molar-refractivity contribution in [3.05, 3.63) is 0 Å². The van der Waals surface area contributed by atoms with E-state index in [1.807, 2.05) is 0 Å². The van der Waals surface area contributed by atoms with E-state index in [4.69, 9.17) is 11.6 Å². The van der Waals surface area contributed by atoms with E-state index in [1.54, 1.807) is 6.92 Å². The summed E-state index contributed by atoms with van der Waals surface area (Å²) in [5.74, 6) is -0.0779. The van der Waals surface area contributed by atoms with Crippen molar-refractivity contribution in [3.8, 4) is 0 Å². The summed E-state index contributed by atoms with van der Waals surface area (Å²) in [7, 11) is 2.09. The Labute approximate surface area is 84.4 Å². The van der Waals surface area contributed by atoms with Gasteiger partial charge in [0, 0.05) is 19.1 Å². The van der Waals surface area contributed by atoms with Gasteiger partial charge in [0.05, 0.1) is 0 Å². The van der Waals surface area contributed by atoms with Gasteiger partial charge in [0.1, 0.15) is 5.38 Å². The Bertz CT molecular complexity index is 180. The Morgan fingerprint density at radius 1 is 1.69 bits per heavy atom. The Hall–Kier alpha value is -0.280. The fourth-order valence-electron chi connectivity index (χ4n) is 1.19. The van der Waals surface area contributed by atoms with E-state index in [0.29, 0.717) is 6.54 Å². The maximum absolute atomic E-state index is 11.0. The molecule has 0 aromatic rings. The lowest BCUT2D eigenvalue weighted by molar-refractivity contribution is -0.120. The zero-order chi connectivity index (χ0) is 9.84. The SMILES string of the molecule is CC(Cl)C(=O)NCCN(C)C1CC1. The summed E-state index contributed by atoms with van der Waals surface area (Å²) in [6.45, 7) is 3.30. The number of halogens is 1. The number of likely N-dealkylation sites (N-methyl/N-ethyl adjacent to an activating group) is 1. The molecule has 1 atom stereocenters. The molecule has 0 bridgehead atoms. The lowest BCUT2D eigenvalue weighted by atomic mass is 10.4. The van der Waals surface area contributed by atoms with Crippen molar-refractivity contribution in [2.45, 2.75) is 31.2 Å². The summed E-state index contributed by atoms with van der Waals surface area (Å²) in [6.07, 6.45) is 2.60. The molecule has 1 aliphatic carbocycles. The molecule has 0 aromatic carbocycles. The Balaban J connectivity index is 2.02. The third-order valence-electron chi connectivity index (χ3n) is 2.30. The smallest absolute Gasteiger partial charge is 0.237 e. The monoisotopic (exact) mass is 204 g/mol. The Kier molecular flexibility index (Phi) is 4.00. The van der Waals surface area contributed by atoms with Crippen molar-refractivity contribution < 1.29 is 4.79 Å². The fraction of sp³-hybridized carbons (Fsp3) is 0.889. The summed E-state index contributed by atoms with van der Waals surface area (Å²) in [5, 5.41) is 2.36. The minimum atomic E-state index is -0.425. The molecular formula is C9H17ClN2O. The molecule has 1 amide bonds. The van der Waals surface area contributed by atoms with Gasteiger partial charge in [0.15, 0.2) is 0 Å². The predicted octanol–water partition coefficient (Wildman–Crippen LogP) is 0.824. The summed E-state index contributed by atoms with van der Waals surface area (Å²) in [5.41, 5.74) is 0. The second kappa shape index (κ2) is 4.82. The van der Waals surface area contributed by atoms with Crippen LogP contribution < -0.4 is 5.32 Å². The van der Waals surface area contributed by atoms with Crippen molar-refractivity contribution in [1.29, 1.82) is 0 Å². The predicted molar refractivity (Wildman–Crippen MR) is 54.0 cm³/mol. The second-order valence-electron chi connectivity index (χ2n) is 3.62. The minimum absolute atomic E-state index is 0.0779. The van der Waals surface area contributed by atoms with Gasteiger partial charge < -0.3 is 10.2 Å². The van der Waals surface area contributed by atoms with Crippen LogP contribution in [0.5, 0.6) is 0 Å². The number of carbonyl (C=O) groups is 1. The van der Waals surface area contributed by atoms with E-state index < -0.39 is 5.38 Å². The fourth-order valence-corrected chi connectivity index (χ4v) is 1.27. The van der Waals surface area contributed by atoms with Crippen LogP contribution in [0.2, 0.25) is 0 Å². The molecule has 1 rings (SSSR count). The van der Waals surface area contributed by atoms with Gasteiger partial charge in [-0.05, 0) is 26.8 Å². The third-order valence-corrected chi connectivity index (χ3v) is 2.49. The minimum Gasteiger partial charge on any atom is -0.354 e. The molecule has 0 spiro atoms. The number of carbonyl (C=O) groups excluding carboxylic acids is 1. The maximum Gasteiger partial charge on any atom is 0.237 e. The van der Waals surface area contributed by atoms with Gasteiger partial charge >= 0.3 is 0 Å². The summed E-state index contributed by atoms with van der Waals surface area (Å²) >= 11 is 5.59. The summed E-state index contributed by atoms with van der Waals surface area (Å²) in [6, 6.07) is 0.755. The molecule has 13 heavy (non-hydrogen) atoms. The molecule has 0 saturated heterocycles. The van der Waals surface area contributed by atoms with E-state index in [0.717, 1.165) is 12.6 Å². The molecule has 1 aliphatic rings. The number of nitrogens with one attached hydrogen (secondary N) is 1. The first-order chi connectivity index (χ1) is 6.11. The Morgan fingerprint density at radius 2 is 2.31 bits per heavy atom. The van der Waals surface area contributed by atoms with Gasteiger partial charge in [-0.2, -0.15) is 0 Å². The molecule has 0 aromatic heterocycles. The van der Waals surface area contributed by atoms with Crippen LogP contribution in [0.3, 0.4) is 0 Å². The molecule has 0 heterocycles. The second-order valence-corrected chi connectivity index (χ2v) is 4.27. The lowest BCUT2D eigenvalue weighted by Crippen LogP contribution is -2.36. The number of alkyl halides is 1. The third kappa shape index (κ3) is 3.96. The van der Waals surface area contributed by atoms with Gasteiger partial charge in [-0.15, -0.1) is 11.6 Å². The first-order valence-corrected chi connectivity index (χ1v) is 5.17. The molecule has 76 valence electrons. The summed E-state index contributed by atoms with van der Waals surface area (Å²) < 4.78 is 0. The van der Waals surface area contributed by atoms with Crippen LogP contribution in [-0.2, 0) is 4.79 Å². The highest BCUT2D eigenvalue weighted by Crippen LogP contribution is 2.24. The standard InChI is InChI=1S/C9H17ClN2O/c1-7(10)9(13)11-5-6-12(2)8-3-4-8/h7-8H,3-6H2,1-2H3,(H,11,13). The highest BCUT2D eigenvalue weighted by molar-refractivity contribution is 6.30. The van der Waals surface area contributed by atoms with E-state index in [-0.39, 0.29) is 5.91 Å². The van der Waals surface area contributed by atoms with Crippen LogP contribution in [0, 0.1) is 0 Å². The molecule has 0 radical (unpaired) electrons. The normalized spacial score (nSPS) is 18.8. The first kappa shape index (κ1) is 10.8. The lowest BCUT2D eigenvalue weighted by Gasteiger charge is -2.15. The largest absolute Gasteiger partial charge is 0.354 e. The van der Waals surface area contributed by atoms with E-state index in [9.17, 15) is 4.79 Å². The van der Waals surface area contributed by atoms with Gasteiger partial charge in [0.25, 0.3) is 0 Å². The van der Waals surface area contributed by atoms with Crippen molar-refractivity contribution in [1.82, 2.24) is 10.2 Å². The van der Waals surface area contributed by atoms with E-state index >= 15 is 0 Å². The summed E-state index contributed by atoms with van der Waals surface area (Å²) in [4.78, 5) is 13.3. The average molecular weight is 205 g/mol. The molecule has 4 heteroatoms. The molecule has 1 N–H and O–H groups in total. The first-order valence-electron chi connectivity index (χ1n) is 4.73. The number of rotatable bonds is 5. The van der Waals surface area contributed by atoms with Crippen LogP contribution in [0.15, 0.2) is 0 Å². The van der Waals surface area contributed by atoms with E-state index in [2.05, 4.69) is 17.3 Å². The van der Waals surface area contributed by atoms with Crippen LogP contribution in [-0.4, -0.2) is 42.4 Å². The van der Waals surface area contributed by atoms with Crippen LogP contribution in [0.25, 0.3) is 0 Å². The van der Waals surface area contributed by atoms with E-state index in [1.165, 1.54) is 12.8 Å². The number of nitrogens with zero attached hydrogens (tertiary/aromatic N) is 1. The van der Waals surface area contributed by atoms with Gasteiger partial charge in [-0.25, -0.2) is 0 Å². The van der Waals surface area contributed by atoms with Gasteiger partial charge in [0.2, 0.25) is 5.91 Å². The topological polar surface area (TPSA) is 32.3 Å². The molecule has 1 unspecified atom stereocenters. The van der Waals surface area contributed by atoms with Crippen LogP contribution >= 0.6 is 11.6 Å². The number of hydrogen-bond acceptors (Lipinski definition) is 2. The molecule has 1 saturated carbocycles. The zero-order valence-electron chi connectivity index (χ0n) is 8.22. The average Bonchev–Trinajstić information content (AvgIpc) is 2.85. The van der Waals surface area contributed by atoms with Crippen molar-refractivity contribution in [3.63, 3.8) is 0 Å². The van der Waals surface area contributed by atoms with Crippen LogP contribution in [0.1, 0.15) is 19.8 Å². The maximum atomic E-state index is 11.0. The molecular weight excluding hydrogens is 188 g/mol. The molecule has 3 nitrogen and oxygen atoms in total. The van der Waals surface area contributed by atoms with Crippen molar-refractivity contribution in [2.75, 3.05) is 20.1 Å².